The Balaban J connectivity index is 2.37. The number of halogens is 1. The molecule has 1 aromatic heterocycles. The van der Waals surface area contributed by atoms with Crippen LogP contribution in [0.4, 0.5) is 4.39 Å². The van der Waals surface area contributed by atoms with Gasteiger partial charge < -0.3 is 5.73 Å². The van der Waals surface area contributed by atoms with Crippen molar-refractivity contribution in [2.75, 3.05) is 0 Å². The van der Waals surface area contributed by atoms with E-state index in [1.165, 1.54) is 6.07 Å². The van der Waals surface area contributed by atoms with E-state index >= 15 is 0 Å². The van der Waals surface area contributed by atoms with Crippen molar-refractivity contribution in [1.82, 2.24) is 9.97 Å². The molecule has 0 amide bonds. The molecule has 0 saturated carbocycles. The second-order valence-corrected chi connectivity index (χ2v) is 4.64. The van der Waals surface area contributed by atoms with E-state index in [0.717, 1.165) is 12.8 Å². The number of hydrogen-bond donors (Lipinski definition) is 1. The highest BCUT2D eigenvalue weighted by Crippen LogP contribution is 2.25. The number of nitrogens with two attached hydrogens (primary N) is 1. The molecule has 2 N–H and O–H groups in total. The Hall–Kier alpha value is -1.81. The fourth-order valence-electron chi connectivity index (χ4n) is 1.99. The summed E-state index contributed by atoms with van der Waals surface area (Å²) in [7, 11) is 0. The van der Waals surface area contributed by atoms with Crippen LogP contribution < -0.4 is 5.73 Å². The second kappa shape index (κ2) is 5.45. The van der Waals surface area contributed by atoms with Crippen LogP contribution in [0.3, 0.4) is 0 Å². The molecular weight excluding hydrogens is 241 g/mol. The molecule has 0 saturated heterocycles. The highest BCUT2D eigenvalue weighted by Gasteiger charge is 2.26. The molecule has 0 fully saturated rings. The van der Waals surface area contributed by atoms with Crippen molar-refractivity contribution in [2.24, 2.45) is 5.73 Å². The third kappa shape index (κ3) is 2.63. The van der Waals surface area contributed by atoms with Gasteiger partial charge in [0, 0.05) is 23.5 Å². The normalized spacial score (nSPS) is 11.6. The third-order valence-electron chi connectivity index (χ3n) is 3.54. The van der Waals surface area contributed by atoms with Gasteiger partial charge in [0.05, 0.1) is 5.54 Å². The van der Waals surface area contributed by atoms with Crippen LogP contribution in [0.2, 0.25) is 0 Å². The first-order valence-corrected chi connectivity index (χ1v) is 6.47. The average molecular weight is 259 g/mol. The van der Waals surface area contributed by atoms with Crippen LogP contribution in [0.15, 0.2) is 36.7 Å². The zero-order valence-electron chi connectivity index (χ0n) is 11.2. The van der Waals surface area contributed by atoms with Gasteiger partial charge in [0.15, 0.2) is 0 Å². The molecule has 0 spiro atoms. The lowest BCUT2D eigenvalue weighted by Gasteiger charge is -2.24. The summed E-state index contributed by atoms with van der Waals surface area (Å²) in [6.07, 6.45) is 4.80. The van der Waals surface area contributed by atoms with Gasteiger partial charge in [-0.2, -0.15) is 0 Å². The van der Waals surface area contributed by atoms with Gasteiger partial charge in [-0.05, 0) is 18.9 Å². The van der Waals surface area contributed by atoms with Crippen molar-refractivity contribution in [3.05, 3.63) is 48.3 Å². The van der Waals surface area contributed by atoms with Crippen molar-refractivity contribution >= 4 is 0 Å². The van der Waals surface area contributed by atoms with Crippen LogP contribution in [0.1, 0.15) is 32.5 Å². The predicted molar refractivity (Wildman–Crippen MR) is 73.9 cm³/mol. The lowest BCUT2D eigenvalue weighted by molar-refractivity contribution is 0.387. The van der Waals surface area contributed by atoms with E-state index in [1.54, 1.807) is 30.6 Å². The molecule has 0 bridgehead atoms. The number of aromatic nitrogens is 2. The lowest BCUT2D eigenvalue weighted by atomic mass is 9.93. The molecule has 0 atom stereocenters. The summed E-state index contributed by atoms with van der Waals surface area (Å²) < 4.78 is 13.7. The van der Waals surface area contributed by atoms with E-state index in [1.807, 2.05) is 13.8 Å². The van der Waals surface area contributed by atoms with E-state index in [-0.39, 0.29) is 5.82 Å². The van der Waals surface area contributed by atoms with E-state index in [9.17, 15) is 4.39 Å². The summed E-state index contributed by atoms with van der Waals surface area (Å²) in [6.45, 7) is 4.02. The maximum Gasteiger partial charge on any atom is 0.148 e. The molecule has 0 aliphatic carbocycles. The summed E-state index contributed by atoms with van der Waals surface area (Å²) in [5.41, 5.74) is 6.90. The molecule has 1 heterocycles. The van der Waals surface area contributed by atoms with Gasteiger partial charge in [-0.1, -0.05) is 32.0 Å². The first kappa shape index (κ1) is 13.6. The van der Waals surface area contributed by atoms with Gasteiger partial charge in [-0.3, -0.25) is 0 Å². The maximum atomic E-state index is 13.7. The zero-order valence-corrected chi connectivity index (χ0v) is 11.2. The van der Waals surface area contributed by atoms with Crippen LogP contribution in [0, 0.1) is 5.82 Å². The van der Waals surface area contributed by atoms with E-state index < -0.39 is 5.54 Å². The quantitative estimate of drug-likeness (QED) is 0.917. The van der Waals surface area contributed by atoms with Gasteiger partial charge in [0.2, 0.25) is 0 Å². The Morgan fingerprint density at radius 3 is 2.21 bits per heavy atom. The minimum Gasteiger partial charge on any atom is -0.319 e. The summed E-state index contributed by atoms with van der Waals surface area (Å²) in [5.74, 6) is 0.335. The Morgan fingerprint density at radius 2 is 1.68 bits per heavy atom. The standard InChI is InChI=1S/C15H18FN3/c1-3-15(17,4-2)14-18-9-11(10-19-14)12-7-5-6-8-13(12)16/h5-10H,3-4,17H2,1-2H3. The van der Waals surface area contributed by atoms with E-state index in [2.05, 4.69) is 9.97 Å². The van der Waals surface area contributed by atoms with Crippen LogP contribution in [0.25, 0.3) is 11.1 Å². The van der Waals surface area contributed by atoms with Crippen LogP contribution >= 0.6 is 0 Å². The maximum absolute atomic E-state index is 13.7. The molecule has 19 heavy (non-hydrogen) atoms. The Morgan fingerprint density at radius 1 is 1.11 bits per heavy atom. The van der Waals surface area contributed by atoms with Crippen LogP contribution in [-0.2, 0) is 5.54 Å². The monoisotopic (exact) mass is 259 g/mol. The first-order chi connectivity index (χ1) is 9.10. The number of benzene rings is 1. The fourth-order valence-corrected chi connectivity index (χ4v) is 1.99. The van der Waals surface area contributed by atoms with Crippen molar-refractivity contribution in [1.29, 1.82) is 0 Å². The van der Waals surface area contributed by atoms with Crippen molar-refractivity contribution in [3.63, 3.8) is 0 Å². The van der Waals surface area contributed by atoms with Gasteiger partial charge in [-0.15, -0.1) is 0 Å². The van der Waals surface area contributed by atoms with E-state index in [0.29, 0.717) is 17.0 Å². The molecule has 3 nitrogen and oxygen atoms in total. The molecule has 4 heteroatoms. The number of rotatable bonds is 4. The molecule has 0 unspecified atom stereocenters. The number of nitrogens with zero attached hydrogens (tertiary/aromatic N) is 2. The summed E-state index contributed by atoms with van der Waals surface area (Å²) in [4.78, 5) is 8.61. The van der Waals surface area contributed by atoms with E-state index in [4.69, 9.17) is 5.73 Å². The fraction of sp³-hybridized carbons (Fsp3) is 0.333. The molecule has 2 aromatic rings. The van der Waals surface area contributed by atoms with Gasteiger partial charge in [0.25, 0.3) is 0 Å². The van der Waals surface area contributed by atoms with Crippen molar-refractivity contribution in [2.45, 2.75) is 32.2 Å². The van der Waals surface area contributed by atoms with Crippen molar-refractivity contribution in [3.8, 4) is 11.1 Å². The Bertz CT molecular complexity index is 548. The van der Waals surface area contributed by atoms with Gasteiger partial charge in [0.1, 0.15) is 11.6 Å². The summed E-state index contributed by atoms with van der Waals surface area (Å²) >= 11 is 0. The molecule has 0 aliphatic heterocycles. The number of hydrogen-bond acceptors (Lipinski definition) is 3. The molecule has 1 aromatic carbocycles. The largest absolute Gasteiger partial charge is 0.319 e. The molecule has 2 rings (SSSR count). The lowest BCUT2D eigenvalue weighted by Crippen LogP contribution is -2.37. The van der Waals surface area contributed by atoms with Crippen LogP contribution in [0.5, 0.6) is 0 Å². The second-order valence-electron chi connectivity index (χ2n) is 4.64. The minimum absolute atomic E-state index is 0.274. The molecule has 100 valence electrons. The van der Waals surface area contributed by atoms with Gasteiger partial charge in [-0.25, -0.2) is 14.4 Å². The SMILES string of the molecule is CCC(N)(CC)c1ncc(-c2ccccc2F)cn1. The summed E-state index contributed by atoms with van der Waals surface area (Å²) in [6, 6.07) is 6.59. The minimum atomic E-state index is -0.506. The Kier molecular flexibility index (Phi) is 3.90. The first-order valence-electron chi connectivity index (χ1n) is 6.47. The molecule has 0 radical (unpaired) electrons. The Labute approximate surface area is 112 Å². The van der Waals surface area contributed by atoms with Crippen molar-refractivity contribution < 1.29 is 4.39 Å². The smallest absolute Gasteiger partial charge is 0.148 e. The summed E-state index contributed by atoms with van der Waals surface area (Å²) in [5, 5.41) is 0. The topological polar surface area (TPSA) is 51.8 Å². The molecule has 0 aliphatic rings. The van der Waals surface area contributed by atoms with Crippen LogP contribution in [-0.4, -0.2) is 9.97 Å². The zero-order chi connectivity index (χ0) is 13.9. The average Bonchev–Trinajstić information content (AvgIpc) is 2.47. The highest BCUT2D eigenvalue weighted by molar-refractivity contribution is 5.61. The highest BCUT2D eigenvalue weighted by atomic mass is 19.1. The predicted octanol–water partition coefficient (Wildman–Crippen LogP) is 3.26. The third-order valence-corrected chi connectivity index (χ3v) is 3.54. The molecular formula is C15H18FN3. The van der Waals surface area contributed by atoms with Gasteiger partial charge >= 0.3 is 0 Å².